The Kier molecular flexibility index (Phi) is 4.93. The van der Waals surface area contributed by atoms with Gasteiger partial charge in [0.2, 0.25) is 0 Å². The number of amides is 1. The molecule has 108 valence electrons. The Balaban J connectivity index is 2.17. The third kappa shape index (κ3) is 3.59. The third-order valence-corrected chi connectivity index (χ3v) is 3.91. The van der Waals surface area contributed by atoms with Crippen molar-refractivity contribution in [2.45, 2.75) is 0 Å². The number of hydrogen-bond acceptors (Lipinski definition) is 4. The van der Waals surface area contributed by atoms with Gasteiger partial charge in [0.05, 0.1) is 23.4 Å². The van der Waals surface area contributed by atoms with Gasteiger partial charge in [-0.1, -0.05) is 17.7 Å². The van der Waals surface area contributed by atoms with Gasteiger partial charge in [-0.2, -0.15) is 0 Å². The minimum atomic E-state index is -0.510. The van der Waals surface area contributed by atoms with Crippen molar-refractivity contribution in [3.8, 4) is 0 Å². The molecule has 1 amide bonds. The summed E-state index contributed by atoms with van der Waals surface area (Å²) in [6, 6.07) is 8.10. The van der Waals surface area contributed by atoms with Gasteiger partial charge in [0.1, 0.15) is 5.69 Å². The van der Waals surface area contributed by atoms with E-state index in [1.54, 1.807) is 18.2 Å². The van der Waals surface area contributed by atoms with Crippen molar-refractivity contribution in [2.75, 3.05) is 12.4 Å². The van der Waals surface area contributed by atoms with Gasteiger partial charge < -0.3 is 10.1 Å². The lowest BCUT2D eigenvalue weighted by Gasteiger charge is -2.08. The number of carbonyl (C=O) groups is 2. The van der Waals surface area contributed by atoms with Crippen molar-refractivity contribution in [2.24, 2.45) is 0 Å². The van der Waals surface area contributed by atoms with Gasteiger partial charge in [0, 0.05) is 10.7 Å². The number of pyridine rings is 1. The molecule has 0 aliphatic rings. The quantitative estimate of drug-likeness (QED) is 0.840. The topological polar surface area (TPSA) is 68.3 Å². The molecule has 2 rings (SSSR count). The molecule has 0 atom stereocenters. The van der Waals surface area contributed by atoms with Gasteiger partial charge in [0.15, 0.2) is 0 Å². The van der Waals surface area contributed by atoms with E-state index in [1.807, 2.05) is 0 Å². The Morgan fingerprint density at radius 1 is 1.29 bits per heavy atom. The Morgan fingerprint density at radius 2 is 2.05 bits per heavy atom. The maximum absolute atomic E-state index is 12.1. The van der Waals surface area contributed by atoms with Crippen molar-refractivity contribution >= 4 is 45.1 Å². The van der Waals surface area contributed by atoms with Crippen molar-refractivity contribution in [3.63, 3.8) is 0 Å². The number of nitrogens with one attached hydrogen (secondary N) is 1. The molecule has 2 aromatic rings. The van der Waals surface area contributed by atoms with E-state index in [9.17, 15) is 9.59 Å². The smallest absolute Gasteiger partial charge is 0.339 e. The minimum Gasteiger partial charge on any atom is -0.465 e. The van der Waals surface area contributed by atoms with Crippen LogP contribution in [0, 0.1) is 0 Å². The first kappa shape index (κ1) is 15.5. The SMILES string of the molecule is COC(=O)c1ccc(C(=O)Nc2cccc(Br)c2Cl)nc1. The van der Waals surface area contributed by atoms with Crippen LogP contribution < -0.4 is 5.32 Å². The molecular weight excluding hydrogens is 360 g/mol. The summed E-state index contributed by atoms with van der Waals surface area (Å²) in [7, 11) is 1.28. The highest BCUT2D eigenvalue weighted by Gasteiger charge is 2.12. The van der Waals surface area contributed by atoms with Crippen LogP contribution >= 0.6 is 27.5 Å². The molecule has 0 spiro atoms. The van der Waals surface area contributed by atoms with E-state index in [-0.39, 0.29) is 11.3 Å². The fourth-order valence-corrected chi connectivity index (χ4v) is 2.09. The number of benzene rings is 1. The number of halogens is 2. The zero-order valence-corrected chi connectivity index (χ0v) is 13.2. The van der Waals surface area contributed by atoms with Crippen LogP contribution in [0.2, 0.25) is 5.02 Å². The zero-order chi connectivity index (χ0) is 15.4. The van der Waals surface area contributed by atoms with Crippen molar-refractivity contribution in [1.82, 2.24) is 4.98 Å². The Morgan fingerprint density at radius 3 is 2.67 bits per heavy atom. The van der Waals surface area contributed by atoms with E-state index in [1.165, 1.54) is 25.4 Å². The molecular formula is C14H10BrClN2O3. The highest BCUT2D eigenvalue weighted by Crippen LogP contribution is 2.30. The molecule has 0 saturated carbocycles. The van der Waals surface area contributed by atoms with Gasteiger partial charge in [-0.15, -0.1) is 0 Å². The van der Waals surface area contributed by atoms with Crippen molar-refractivity contribution in [3.05, 3.63) is 57.3 Å². The Labute approximate surface area is 134 Å². The predicted octanol–water partition coefficient (Wildman–Crippen LogP) is 3.54. The summed E-state index contributed by atoms with van der Waals surface area (Å²) in [5.74, 6) is -0.934. The lowest BCUT2D eigenvalue weighted by Crippen LogP contribution is -2.14. The van der Waals surface area contributed by atoms with E-state index in [0.717, 1.165) is 0 Å². The van der Waals surface area contributed by atoms with E-state index in [2.05, 4.69) is 31.0 Å². The number of aromatic nitrogens is 1. The molecule has 0 radical (unpaired) electrons. The molecule has 1 aromatic carbocycles. The summed E-state index contributed by atoms with van der Waals surface area (Å²) in [4.78, 5) is 27.3. The van der Waals surface area contributed by atoms with Gasteiger partial charge >= 0.3 is 5.97 Å². The van der Waals surface area contributed by atoms with E-state index in [0.29, 0.717) is 15.2 Å². The summed E-state index contributed by atoms with van der Waals surface area (Å²) >= 11 is 9.34. The number of methoxy groups -OCH3 is 1. The van der Waals surface area contributed by atoms with Crippen LogP contribution in [0.1, 0.15) is 20.8 Å². The van der Waals surface area contributed by atoms with Crippen molar-refractivity contribution in [1.29, 1.82) is 0 Å². The standard InChI is InChI=1S/C14H10BrClN2O3/c1-21-14(20)8-5-6-11(17-7-8)13(19)18-10-4-2-3-9(15)12(10)16/h2-7H,1H3,(H,18,19). The molecule has 0 bridgehead atoms. The maximum Gasteiger partial charge on any atom is 0.339 e. The van der Waals surface area contributed by atoms with Crippen LogP contribution in [-0.2, 0) is 4.74 Å². The molecule has 7 heteroatoms. The number of esters is 1. The predicted molar refractivity (Wildman–Crippen MR) is 82.7 cm³/mol. The molecule has 1 aromatic heterocycles. The molecule has 1 N–H and O–H groups in total. The van der Waals surface area contributed by atoms with Crippen LogP contribution in [0.15, 0.2) is 41.0 Å². The molecule has 21 heavy (non-hydrogen) atoms. The largest absolute Gasteiger partial charge is 0.465 e. The highest BCUT2D eigenvalue weighted by molar-refractivity contribution is 9.10. The maximum atomic E-state index is 12.1. The second-order valence-electron chi connectivity index (χ2n) is 3.98. The van der Waals surface area contributed by atoms with E-state index >= 15 is 0 Å². The first-order chi connectivity index (χ1) is 10.0. The molecule has 0 aliphatic heterocycles. The lowest BCUT2D eigenvalue weighted by molar-refractivity contribution is 0.0600. The van der Waals surface area contributed by atoms with Gasteiger partial charge in [-0.25, -0.2) is 4.79 Å². The van der Waals surface area contributed by atoms with Crippen LogP contribution in [-0.4, -0.2) is 24.0 Å². The monoisotopic (exact) mass is 368 g/mol. The van der Waals surface area contributed by atoms with E-state index < -0.39 is 11.9 Å². The average molecular weight is 370 g/mol. The number of rotatable bonds is 3. The van der Waals surface area contributed by atoms with Gasteiger partial charge in [-0.3, -0.25) is 9.78 Å². The lowest BCUT2D eigenvalue weighted by atomic mass is 10.2. The number of anilines is 1. The highest BCUT2D eigenvalue weighted by atomic mass is 79.9. The summed E-state index contributed by atoms with van der Waals surface area (Å²) in [6.45, 7) is 0. The molecule has 0 unspecified atom stereocenters. The normalized spacial score (nSPS) is 10.0. The Bertz CT molecular complexity index is 689. The Hall–Kier alpha value is -1.92. The van der Waals surface area contributed by atoms with Crippen LogP contribution in [0.4, 0.5) is 5.69 Å². The van der Waals surface area contributed by atoms with Gasteiger partial charge in [0.25, 0.3) is 5.91 Å². The van der Waals surface area contributed by atoms with Crippen molar-refractivity contribution < 1.29 is 14.3 Å². The van der Waals surface area contributed by atoms with Crippen LogP contribution in [0.5, 0.6) is 0 Å². The number of nitrogens with zero attached hydrogens (tertiary/aromatic N) is 1. The molecule has 1 heterocycles. The van der Waals surface area contributed by atoms with Crippen LogP contribution in [0.3, 0.4) is 0 Å². The molecule has 0 aliphatic carbocycles. The zero-order valence-electron chi connectivity index (χ0n) is 10.9. The number of ether oxygens (including phenoxy) is 1. The van der Waals surface area contributed by atoms with E-state index in [4.69, 9.17) is 11.6 Å². The summed E-state index contributed by atoms with van der Waals surface area (Å²) in [5, 5.41) is 3.05. The molecule has 5 nitrogen and oxygen atoms in total. The second kappa shape index (κ2) is 6.69. The second-order valence-corrected chi connectivity index (χ2v) is 5.21. The fraction of sp³-hybridized carbons (Fsp3) is 0.0714. The minimum absolute atomic E-state index is 0.165. The third-order valence-electron chi connectivity index (χ3n) is 2.62. The summed E-state index contributed by atoms with van der Waals surface area (Å²) in [6.07, 6.45) is 1.28. The summed E-state index contributed by atoms with van der Waals surface area (Å²) in [5.41, 5.74) is 0.906. The van der Waals surface area contributed by atoms with Crippen LogP contribution in [0.25, 0.3) is 0 Å². The van der Waals surface area contributed by atoms with Gasteiger partial charge in [-0.05, 0) is 40.2 Å². The number of carbonyl (C=O) groups excluding carboxylic acids is 2. The first-order valence-corrected chi connectivity index (χ1v) is 6.99. The molecule has 0 saturated heterocycles. The number of hydrogen-bond donors (Lipinski definition) is 1. The average Bonchev–Trinajstić information content (AvgIpc) is 2.51. The fourth-order valence-electron chi connectivity index (χ4n) is 1.55. The molecule has 0 fully saturated rings. The summed E-state index contributed by atoms with van der Waals surface area (Å²) < 4.78 is 5.24. The first-order valence-electron chi connectivity index (χ1n) is 5.82.